The van der Waals surface area contributed by atoms with Crippen molar-refractivity contribution in [1.29, 1.82) is 0 Å². The molecule has 0 fully saturated rings. The Morgan fingerprint density at radius 3 is 2.17 bits per heavy atom. The largest absolute Gasteiger partial charge is 0.497 e. The lowest BCUT2D eigenvalue weighted by molar-refractivity contribution is -0.140. The highest BCUT2D eigenvalue weighted by Gasteiger charge is 2.34. The highest BCUT2D eigenvalue weighted by molar-refractivity contribution is 7.92. The molecule has 0 aliphatic rings. The van der Waals surface area contributed by atoms with Crippen molar-refractivity contribution < 1.29 is 27.5 Å². The molecule has 3 aromatic carbocycles. The fourth-order valence-corrected chi connectivity index (χ4v) is 5.32. The molecule has 11 heteroatoms. The van der Waals surface area contributed by atoms with Gasteiger partial charge in [-0.3, -0.25) is 13.9 Å². The lowest BCUT2D eigenvalue weighted by atomic mass is 10.0. The van der Waals surface area contributed by atoms with E-state index in [9.17, 15) is 18.0 Å². The SMILES string of the molecule is COc1ccc(OC)c(N(CC(=O)N(Cc2ccc(Cl)cc2)C(Cc2ccccc2)C(=O)NCC(C)C)S(C)(=O)=O)c1. The summed E-state index contributed by atoms with van der Waals surface area (Å²) in [6, 6.07) is 20.1. The van der Waals surface area contributed by atoms with Gasteiger partial charge < -0.3 is 19.7 Å². The number of rotatable bonds is 14. The number of anilines is 1. The number of sulfonamides is 1. The zero-order chi connectivity index (χ0) is 30.9. The fourth-order valence-electron chi connectivity index (χ4n) is 4.35. The Morgan fingerprint density at radius 1 is 0.929 bits per heavy atom. The van der Waals surface area contributed by atoms with E-state index in [-0.39, 0.29) is 36.2 Å². The molecule has 9 nitrogen and oxygen atoms in total. The maximum atomic E-state index is 14.2. The van der Waals surface area contributed by atoms with Crippen LogP contribution in [0.5, 0.6) is 11.5 Å². The second-order valence-electron chi connectivity index (χ2n) is 10.3. The van der Waals surface area contributed by atoms with Crippen LogP contribution >= 0.6 is 11.6 Å². The molecule has 1 atom stereocenters. The van der Waals surface area contributed by atoms with Crippen LogP contribution in [-0.4, -0.2) is 64.7 Å². The molecule has 0 bridgehead atoms. The molecule has 0 saturated heterocycles. The molecule has 0 radical (unpaired) electrons. The summed E-state index contributed by atoms with van der Waals surface area (Å²) in [5.74, 6) is -0.0812. The molecule has 42 heavy (non-hydrogen) atoms. The van der Waals surface area contributed by atoms with Crippen LogP contribution in [0.3, 0.4) is 0 Å². The number of carbonyl (C=O) groups excluding carboxylic acids is 2. The van der Waals surface area contributed by atoms with Crippen LogP contribution in [0.4, 0.5) is 5.69 Å². The molecule has 0 aromatic heterocycles. The van der Waals surface area contributed by atoms with E-state index >= 15 is 0 Å². The molecule has 0 aliphatic heterocycles. The van der Waals surface area contributed by atoms with Gasteiger partial charge in [-0.2, -0.15) is 0 Å². The van der Waals surface area contributed by atoms with Gasteiger partial charge in [-0.25, -0.2) is 8.42 Å². The first-order valence-corrected chi connectivity index (χ1v) is 15.7. The number of benzene rings is 3. The second kappa shape index (κ2) is 14.9. The van der Waals surface area contributed by atoms with E-state index in [4.69, 9.17) is 21.1 Å². The van der Waals surface area contributed by atoms with Gasteiger partial charge in [0.15, 0.2) is 0 Å². The van der Waals surface area contributed by atoms with E-state index in [1.54, 1.807) is 36.4 Å². The van der Waals surface area contributed by atoms with Crippen LogP contribution in [0.15, 0.2) is 72.8 Å². The third kappa shape index (κ3) is 9.12. The second-order valence-corrected chi connectivity index (χ2v) is 12.6. The van der Waals surface area contributed by atoms with Crippen LogP contribution in [0, 0.1) is 5.92 Å². The molecule has 226 valence electrons. The number of carbonyl (C=O) groups is 2. The van der Waals surface area contributed by atoms with E-state index in [0.717, 1.165) is 21.7 Å². The van der Waals surface area contributed by atoms with Crippen molar-refractivity contribution in [3.8, 4) is 11.5 Å². The highest BCUT2D eigenvalue weighted by Crippen LogP contribution is 2.34. The summed E-state index contributed by atoms with van der Waals surface area (Å²) in [5, 5.41) is 3.49. The van der Waals surface area contributed by atoms with Crippen LogP contribution < -0.4 is 19.1 Å². The summed E-state index contributed by atoms with van der Waals surface area (Å²) in [7, 11) is -1.11. The van der Waals surface area contributed by atoms with Crippen molar-refractivity contribution in [2.45, 2.75) is 32.9 Å². The van der Waals surface area contributed by atoms with E-state index in [1.165, 1.54) is 25.2 Å². The molecule has 1 N–H and O–H groups in total. The highest BCUT2D eigenvalue weighted by atomic mass is 35.5. The van der Waals surface area contributed by atoms with Crippen LogP contribution in [0.2, 0.25) is 5.02 Å². The number of methoxy groups -OCH3 is 2. The fraction of sp³-hybridized carbons (Fsp3) is 0.355. The number of amides is 2. The number of nitrogens with one attached hydrogen (secondary N) is 1. The van der Waals surface area contributed by atoms with E-state index in [2.05, 4.69) is 5.32 Å². The zero-order valence-corrected chi connectivity index (χ0v) is 26.1. The van der Waals surface area contributed by atoms with Gasteiger partial charge >= 0.3 is 0 Å². The average Bonchev–Trinajstić information content (AvgIpc) is 2.96. The first-order chi connectivity index (χ1) is 19.9. The maximum Gasteiger partial charge on any atom is 0.244 e. The monoisotopic (exact) mass is 615 g/mol. The summed E-state index contributed by atoms with van der Waals surface area (Å²) in [5.41, 5.74) is 1.72. The molecule has 3 aromatic rings. The van der Waals surface area contributed by atoms with Gasteiger partial charge in [0, 0.05) is 30.6 Å². The Kier molecular flexibility index (Phi) is 11.6. The number of hydrogen-bond donors (Lipinski definition) is 1. The standard InChI is InChI=1S/C31H38ClN3O6S/c1-22(2)19-33-31(37)28(17-23-9-7-6-8-10-23)34(20-24-11-13-25(32)14-12-24)30(36)21-35(42(5,38)39)27-18-26(40-3)15-16-29(27)41-4/h6-16,18,22,28H,17,19-21H2,1-5H3,(H,33,37). The Hall–Kier alpha value is -3.76. The molecular weight excluding hydrogens is 578 g/mol. The molecule has 2 amide bonds. The Labute approximate surface area is 253 Å². The molecule has 0 saturated carbocycles. The zero-order valence-electron chi connectivity index (χ0n) is 24.5. The number of nitrogens with zero attached hydrogens (tertiary/aromatic N) is 2. The quantitative estimate of drug-likeness (QED) is 0.286. The third-order valence-electron chi connectivity index (χ3n) is 6.56. The van der Waals surface area contributed by atoms with E-state index in [0.29, 0.717) is 17.3 Å². The smallest absolute Gasteiger partial charge is 0.244 e. The van der Waals surface area contributed by atoms with Crippen molar-refractivity contribution in [2.24, 2.45) is 5.92 Å². The minimum Gasteiger partial charge on any atom is -0.497 e. The van der Waals surface area contributed by atoms with Crippen LogP contribution in [0.1, 0.15) is 25.0 Å². The van der Waals surface area contributed by atoms with Crippen molar-refractivity contribution in [3.05, 3.63) is 88.9 Å². The number of ether oxygens (including phenoxy) is 2. The lowest BCUT2D eigenvalue weighted by Crippen LogP contribution is -2.53. The Balaban J connectivity index is 2.09. The Morgan fingerprint density at radius 2 is 1.60 bits per heavy atom. The van der Waals surface area contributed by atoms with Gasteiger partial charge in [-0.15, -0.1) is 0 Å². The summed E-state index contributed by atoms with van der Waals surface area (Å²) in [4.78, 5) is 29.3. The summed E-state index contributed by atoms with van der Waals surface area (Å²) >= 11 is 6.10. The topological polar surface area (TPSA) is 105 Å². The molecule has 0 aliphatic carbocycles. The maximum absolute atomic E-state index is 14.2. The summed E-state index contributed by atoms with van der Waals surface area (Å²) in [6.45, 7) is 3.86. The minimum absolute atomic E-state index is 0.0510. The summed E-state index contributed by atoms with van der Waals surface area (Å²) < 4.78 is 37.9. The van der Waals surface area contributed by atoms with Crippen molar-refractivity contribution >= 4 is 39.1 Å². The molecule has 1 unspecified atom stereocenters. The molecule has 3 rings (SSSR count). The lowest BCUT2D eigenvalue weighted by Gasteiger charge is -2.34. The van der Waals surface area contributed by atoms with Gasteiger partial charge in [0.25, 0.3) is 0 Å². The van der Waals surface area contributed by atoms with Gasteiger partial charge in [-0.05, 0) is 41.3 Å². The normalized spacial score (nSPS) is 12.0. The predicted octanol–water partition coefficient (Wildman–Crippen LogP) is 4.54. The van der Waals surface area contributed by atoms with Gasteiger partial charge in [0.05, 0.1) is 26.2 Å². The van der Waals surface area contributed by atoms with Gasteiger partial charge in [0.1, 0.15) is 24.1 Å². The van der Waals surface area contributed by atoms with Crippen molar-refractivity contribution in [3.63, 3.8) is 0 Å². The van der Waals surface area contributed by atoms with Gasteiger partial charge in [0.2, 0.25) is 21.8 Å². The van der Waals surface area contributed by atoms with Crippen LogP contribution in [-0.2, 0) is 32.6 Å². The number of hydrogen-bond acceptors (Lipinski definition) is 6. The molecule has 0 heterocycles. The Bertz CT molecular complexity index is 1450. The van der Waals surface area contributed by atoms with E-state index < -0.39 is 28.5 Å². The molecule has 0 spiro atoms. The minimum atomic E-state index is -3.98. The first-order valence-electron chi connectivity index (χ1n) is 13.5. The van der Waals surface area contributed by atoms with Crippen molar-refractivity contribution in [1.82, 2.24) is 10.2 Å². The third-order valence-corrected chi connectivity index (χ3v) is 7.93. The summed E-state index contributed by atoms with van der Waals surface area (Å²) in [6.07, 6.45) is 1.24. The van der Waals surface area contributed by atoms with Crippen molar-refractivity contribution in [2.75, 3.05) is 37.9 Å². The van der Waals surface area contributed by atoms with Gasteiger partial charge in [-0.1, -0.05) is 67.9 Å². The first kappa shape index (κ1) is 32.8. The molecular formula is C31H38ClN3O6S. The average molecular weight is 616 g/mol. The van der Waals surface area contributed by atoms with Crippen LogP contribution in [0.25, 0.3) is 0 Å². The van der Waals surface area contributed by atoms with E-state index in [1.807, 2.05) is 44.2 Å². The number of halogens is 1. The predicted molar refractivity (Wildman–Crippen MR) is 166 cm³/mol.